The van der Waals surface area contributed by atoms with E-state index in [1.165, 1.54) is 11.6 Å². The van der Waals surface area contributed by atoms with Gasteiger partial charge < -0.3 is 0 Å². The van der Waals surface area contributed by atoms with Gasteiger partial charge in [0.2, 0.25) is 0 Å². The number of aryl methyl sites for hydroxylation is 1. The lowest BCUT2D eigenvalue weighted by Crippen LogP contribution is -2.39. The molecule has 7 nitrogen and oxygen atoms in total. The first-order valence-electron chi connectivity index (χ1n) is 7.13. The SMILES string of the molecule is CCCn1c(=O)n(C)c(=O)c2nc(-c3ccc(Cl)cc3)nnc21. The first-order chi connectivity index (χ1) is 11.0. The minimum absolute atomic E-state index is 0.125. The molecule has 3 aromatic rings. The zero-order valence-corrected chi connectivity index (χ0v) is 13.4. The molecule has 2 aromatic heterocycles. The summed E-state index contributed by atoms with van der Waals surface area (Å²) in [6.45, 7) is 2.38. The molecule has 0 unspecified atom stereocenters. The highest BCUT2D eigenvalue weighted by Gasteiger charge is 2.15. The summed E-state index contributed by atoms with van der Waals surface area (Å²) in [4.78, 5) is 28.9. The van der Waals surface area contributed by atoms with Crippen LogP contribution in [-0.2, 0) is 13.6 Å². The molecule has 118 valence electrons. The third-order valence-corrected chi connectivity index (χ3v) is 3.75. The summed E-state index contributed by atoms with van der Waals surface area (Å²) in [5.41, 5.74) is 0.124. The Morgan fingerprint density at radius 1 is 1.13 bits per heavy atom. The third kappa shape index (κ3) is 2.63. The van der Waals surface area contributed by atoms with Crippen LogP contribution in [0.2, 0.25) is 5.02 Å². The number of nitrogens with zero attached hydrogens (tertiary/aromatic N) is 5. The topological polar surface area (TPSA) is 82.7 Å². The van der Waals surface area contributed by atoms with E-state index in [-0.39, 0.29) is 11.2 Å². The van der Waals surface area contributed by atoms with Crippen LogP contribution in [0.4, 0.5) is 0 Å². The monoisotopic (exact) mass is 331 g/mol. The number of halogens is 1. The summed E-state index contributed by atoms with van der Waals surface area (Å²) < 4.78 is 2.46. The van der Waals surface area contributed by atoms with Gasteiger partial charge in [-0.15, -0.1) is 10.2 Å². The highest BCUT2D eigenvalue weighted by atomic mass is 35.5. The van der Waals surface area contributed by atoms with Gasteiger partial charge in [-0.1, -0.05) is 18.5 Å². The third-order valence-electron chi connectivity index (χ3n) is 3.50. The second-order valence-electron chi connectivity index (χ2n) is 5.11. The van der Waals surface area contributed by atoms with Gasteiger partial charge in [0, 0.05) is 24.2 Å². The van der Waals surface area contributed by atoms with Crippen molar-refractivity contribution in [2.75, 3.05) is 0 Å². The number of rotatable bonds is 3. The predicted octanol–water partition coefficient (Wildman–Crippen LogP) is 1.62. The molecular weight excluding hydrogens is 318 g/mol. The molecule has 0 aliphatic rings. The van der Waals surface area contributed by atoms with Crippen LogP contribution in [-0.4, -0.2) is 24.3 Å². The molecule has 0 saturated carbocycles. The largest absolute Gasteiger partial charge is 0.332 e. The van der Waals surface area contributed by atoms with Crippen molar-refractivity contribution in [3.63, 3.8) is 0 Å². The molecule has 0 radical (unpaired) electrons. The van der Waals surface area contributed by atoms with Crippen LogP contribution < -0.4 is 11.2 Å². The average molecular weight is 332 g/mol. The number of benzene rings is 1. The smallest absolute Gasteiger partial charge is 0.275 e. The van der Waals surface area contributed by atoms with E-state index in [0.29, 0.717) is 23.0 Å². The standard InChI is InChI=1S/C15H14ClN5O2/c1-3-8-21-13-11(14(22)20(2)15(21)23)17-12(18-19-13)9-4-6-10(16)7-5-9/h4-7H,3,8H2,1-2H3. The van der Waals surface area contributed by atoms with Crippen molar-refractivity contribution in [2.24, 2.45) is 7.05 Å². The highest BCUT2D eigenvalue weighted by molar-refractivity contribution is 6.30. The van der Waals surface area contributed by atoms with Gasteiger partial charge in [0.25, 0.3) is 5.56 Å². The molecule has 23 heavy (non-hydrogen) atoms. The minimum atomic E-state index is -0.484. The Bertz CT molecular complexity index is 992. The van der Waals surface area contributed by atoms with Crippen LogP contribution in [0.3, 0.4) is 0 Å². The van der Waals surface area contributed by atoms with Crippen LogP contribution in [0.15, 0.2) is 33.9 Å². The normalized spacial score (nSPS) is 11.1. The lowest BCUT2D eigenvalue weighted by atomic mass is 10.2. The van der Waals surface area contributed by atoms with Gasteiger partial charge in [0.1, 0.15) is 0 Å². The number of hydrogen-bond acceptors (Lipinski definition) is 5. The molecule has 0 aliphatic carbocycles. The van der Waals surface area contributed by atoms with E-state index in [1.807, 2.05) is 6.92 Å². The van der Waals surface area contributed by atoms with Gasteiger partial charge in [0.05, 0.1) is 0 Å². The van der Waals surface area contributed by atoms with Crippen LogP contribution in [0.5, 0.6) is 0 Å². The highest BCUT2D eigenvalue weighted by Crippen LogP contribution is 2.18. The molecule has 0 aliphatic heterocycles. The molecule has 2 heterocycles. The average Bonchev–Trinajstić information content (AvgIpc) is 2.57. The van der Waals surface area contributed by atoms with Crippen LogP contribution >= 0.6 is 11.6 Å². The van der Waals surface area contributed by atoms with E-state index in [0.717, 1.165) is 11.0 Å². The van der Waals surface area contributed by atoms with Gasteiger partial charge in [-0.2, -0.15) is 0 Å². The fraction of sp³-hybridized carbons (Fsp3) is 0.267. The number of hydrogen-bond donors (Lipinski definition) is 0. The molecule has 1 aromatic carbocycles. The van der Waals surface area contributed by atoms with Crippen molar-refractivity contribution >= 4 is 22.8 Å². The summed E-state index contributed by atoms with van der Waals surface area (Å²) in [6.07, 6.45) is 0.730. The fourth-order valence-corrected chi connectivity index (χ4v) is 2.44. The second kappa shape index (κ2) is 5.92. The molecule has 8 heteroatoms. The number of aromatic nitrogens is 5. The van der Waals surface area contributed by atoms with Crippen molar-refractivity contribution < 1.29 is 0 Å². The number of fused-ring (bicyclic) bond motifs is 1. The lowest BCUT2D eigenvalue weighted by molar-refractivity contribution is 0.605. The molecular formula is C15H14ClN5O2. The van der Waals surface area contributed by atoms with Gasteiger partial charge in [-0.3, -0.25) is 13.9 Å². The Labute approximate surface area is 136 Å². The Hall–Kier alpha value is -2.54. The molecule has 0 atom stereocenters. The molecule has 0 N–H and O–H groups in total. The molecule has 0 spiro atoms. The molecule has 0 fully saturated rings. The van der Waals surface area contributed by atoms with E-state index in [4.69, 9.17) is 11.6 Å². The maximum Gasteiger partial charge on any atom is 0.332 e. The summed E-state index contributed by atoms with van der Waals surface area (Å²) in [7, 11) is 1.43. The van der Waals surface area contributed by atoms with Crippen molar-refractivity contribution in [3.05, 3.63) is 50.1 Å². The quantitative estimate of drug-likeness (QED) is 0.728. The Morgan fingerprint density at radius 3 is 2.48 bits per heavy atom. The zero-order valence-electron chi connectivity index (χ0n) is 12.7. The van der Waals surface area contributed by atoms with E-state index in [1.54, 1.807) is 24.3 Å². The predicted molar refractivity (Wildman–Crippen MR) is 87.6 cm³/mol. The second-order valence-corrected chi connectivity index (χ2v) is 5.55. The summed E-state index contributed by atoms with van der Waals surface area (Å²) >= 11 is 5.87. The van der Waals surface area contributed by atoms with Gasteiger partial charge in [-0.25, -0.2) is 9.78 Å². The van der Waals surface area contributed by atoms with Crippen molar-refractivity contribution in [1.82, 2.24) is 24.3 Å². The van der Waals surface area contributed by atoms with Crippen LogP contribution in [0.25, 0.3) is 22.6 Å². The Morgan fingerprint density at radius 2 is 1.83 bits per heavy atom. The summed E-state index contributed by atoms with van der Waals surface area (Å²) in [5.74, 6) is 0.313. The van der Waals surface area contributed by atoms with Gasteiger partial charge in [-0.05, 0) is 30.7 Å². The lowest BCUT2D eigenvalue weighted by Gasteiger charge is -2.09. The van der Waals surface area contributed by atoms with Crippen LogP contribution in [0.1, 0.15) is 13.3 Å². The molecule has 0 amide bonds. The van der Waals surface area contributed by atoms with E-state index < -0.39 is 11.2 Å². The maximum absolute atomic E-state index is 12.3. The van der Waals surface area contributed by atoms with E-state index in [9.17, 15) is 9.59 Å². The van der Waals surface area contributed by atoms with E-state index >= 15 is 0 Å². The fourth-order valence-electron chi connectivity index (χ4n) is 2.31. The zero-order chi connectivity index (χ0) is 16.6. The van der Waals surface area contributed by atoms with Crippen molar-refractivity contribution in [1.29, 1.82) is 0 Å². The minimum Gasteiger partial charge on any atom is -0.275 e. The Kier molecular flexibility index (Phi) is 3.96. The van der Waals surface area contributed by atoms with Gasteiger partial charge in [0.15, 0.2) is 17.0 Å². The van der Waals surface area contributed by atoms with Gasteiger partial charge >= 0.3 is 5.69 Å². The van der Waals surface area contributed by atoms with Crippen molar-refractivity contribution in [2.45, 2.75) is 19.9 Å². The molecule has 3 rings (SSSR count). The van der Waals surface area contributed by atoms with Crippen molar-refractivity contribution in [3.8, 4) is 11.4 Å². The first kappa shape index (κ1) is 15.4. The maximum atomic E-state index is 12.3. The summed E-state index contributed by atoms with van der Waals surface area (Å²) in [6, 6.07) is 6.91. The molecule has 0 saturated heterocycles. The first-order valence-corrected chi connectivity index (χ1v) is 7.51. The Balaban J connectivity index is 2.30. The van der Waals surface area contributed by atoms with E-state index in [2.05, 4.69) is 15.2 Å². The van der Waals surface area contributed by atoms with Crippen LogP contribution in [0, 0.1) is 0 Å². The summed E-state index contributed by atoms with van der Waals surface area (Å²) in [5, 5.41) is 8.71. The molecule has 0 bridgehead atoms.